The van der Waals surface area contributed by atoms with Gasteiger partial charge in [-0.3, -0.25) is 0 Å². The van der Waals surface area contributed by atoms with E-state index in [1.807, 2.05) is 13.8 Å². The number of anilines is 2. The van der Waals surface area contributed by atoms with Crippen LogP contribution in [0.5, 0.6) is 0 Å². The number of amides is 2. The number of carbonyl (C=O) groups is 1. The lowest BCUT2D eigenvalue weighted by atomic mass is 10.2. The fourth-order valence-corrected chi connectivity index (χ4v) is 3.67. The van der Waals surface area contributed by atoms with Gasteiger partial charge >= 0.3 is 6.03 Å². The molecule has 0 aliphatic rings. The quantitative estimate of drug-likeness (QED) is 0.427. The van der Waals surface area contributed by atoms with Crippen molar-refractivity contribution in [1.82, 2.24) is 29.2 Å². The highest BCUT2D eigenvalue weighted by atomic mass is 35.5. The van der Waals surface area contributed by atoms with Crippen molar-refractivity contribution in [3.63, 3.8) is 0 Å². The lowest BCUT2D eigenvalue weighted by Crippen LogP contribution is -2.24. The van der Waals surface area contributed by atoms with E-state index < -0.39 is 18.2 Å². The Hall–Kier alpha value is -2.99. The maximum atomic E-state index is 12.9. The maximum Gasteiger partial charge on any atom is 0.323 e. The topological polar surface area (TPSA) is 120 Å². The zero-order valence-electron chi connectivity index (χ0n) is 17.6. The van der Waals surface area contributed by atoms with Crippen LogP contribution in [-0.4, -0.2) is 49.4 Å². The number of hydrogen-bond donors (Lipinski definition) is 2. The predicted octanol–water partition coefficient (Wildman–Crippen LogP) is 4.14. The lowest BCUT2D eigenvalue weighted by Gasteiger charge is -2.19. The number of carbonyl (C=O) groups excluding carboxylic acids is 1. The van der Waals surface area contributed by atoms with Crippen molar-refractivity contribution in [2.75, 3.05) is 24.9 Å². The van der Waals surface area contributed by atoms with Gasteiger partial charge in [0, 0.05) is 26.4 Å². The van der Waals surface area contributed by atoms with E-state index in [2.05, 4.69) is 30.8 Å². The number of hydrogen-bond acceptors (Lipinski definition) is 7. The first-order valence-corrected chi connectivity index (χ1v) is 10.3. The number of rotatable bonds is 6. The molecular weight excluding hydrogens is 459 g/mol. The van der Waals surface area contributed by atoms with Crippen molar-refractivity contribution in [1.29, 1.82) is 0 Å². The molecule has 0 saturated heterocycles. The molecule has 0 aromatic carbocycles. The van der Waals surface area contributed by atoms with Gasteiger partial charge in [0.1, 0.15) is 0 Å². The molecule has 0 radical (unpaired) electrons. The van der Waals surface area contributed by atoms with Crippen LogP contribution in [0.25, 0.3) is 11.3 Å². The highest BCUT2D eigenvalue weighted by Gasteiger charge is 2.22. The van der Waals surface area contributed by atoms with Crippen molar-refractivity contribution in [2.24, 2.45) is 0 Å². The number of methoxy groups -OCH3 is 2. The second-order valence-corrected chi connectivity index (χ2v) is 7.70. The third kappa shape index (κ3) is 4.07. The highest BCUT2D eigenvalue weighted by Crippen LogP contribution is 2.28. The number of ether oxygens (including phenoxy) is 2. The molecule has 4 aromatic heterocycles. The third-order valence-electron chi connectivity index (χ3n) is 4.96. The van der Waals surface area contributed by atoms with Crippen LogP contribution >= 0.6 is 23.2 Å². The van der Waals surface area contributed by atoms with E-state index in [9.17, 15) is 4.79 Å². The molecule has 11 nitrogen and oxygen atoms in total. The van der Waals surface area contributed by atoms with Crippen LogP contribution in [0.3, 0.4) is 0 Å². The Kier molecular flexibility index (Phi) is 6.15. The van der Waals surface area contributed by atoms with Gasteiger partial charge in [-0.2, -0.15) is 10.2 Å². The van der Waals surface area contributed by atoms with Gasteiger partial charge in [-0.1, -0.05) is 23.2 Å². The van der Waals surface area contributed by atoms with Crippen molar-refractivity contribution < 1.29 is 14.3 Å². The van der Waals surface area contributed by atoms with Crippen LogP contribution in [0.2, 0.25) is 10.3 Å². The van der Waals surface area contributed by atoms with Gasteiger partial charge in [0.2, 0.25) is 0 Å². The summed E-state index contributed by atoms with van der Waals surface area (Å²) in [5, 5.41) is 14.6. The number of nitrogens with one attached hydrogen (secondary N) is 2. The summed E-state index contributed by atoms with van der Waals surface area (Å²) in [6.45, 7) is 3.65. The largest absolute Gasteiger partial charge is 0.375 e. The number of halogens is 2. The molecule has 0 bridgehead atoms. The van der Waals surface area contributed by atoms with E-state index in [0.29, 0.717) is 34.1 Å². The summed E-state index contributed by atoms with van der Waals surface area (Å²) in [5.41, 5.74) is 3.03. The lowest BCUT2D eigenvalue weighted by molar-refractivity contribution is 0.114. The van der Waals surface area contributed by atoms with Gasteiger partial charge < -0.3 is 20.1 Å². The monoisotopic (exact) mass is 478 g/mol. The molecule has 0 fully saturated rings. The van der Waals surface area contributed by atoms with E-state index >= 15 is 0 Å². The Bertz CT molecular complexity index is 1210. The molecule has 0 unspecified atom stereocenters. The molecule has 4 aromatic rings. The molecule has 4 rings (SSSR count). The molecule has 0 aliphatic carbocycles. The molecule has 0 spiro atoms. The number of fused-ring (bicyclic) bond motifs is 2. The Morgan fingerprint density at radius 3 is 1.66 bits per heavy atom. The van der Waals surface area contributed by atoms with E-state index in [0.717, 1.165) is 0 Å². The van der Waals surface area contributed by atoms with Crippen molar-refractivity contribution in [3.8, 4) is 0 Å². The molecule has 2 amide bonds. The first kappa shape index (κ1) is 22.2. The number of aromatic nitrogens is 6. The van der Waals surface area contributed by atoms with Crippen molar-refractivity contribution >= 4 is 51.9 Å². The summed E-state index contributed by atoms with van der Waals surface area (Å²) in [7, 11) is 3.11. The smallest absolute Gasteiger partial charge is 0.323 e. The van der Waals surface area contributed by atoms with Gasteiger partial charge in [-0.25, -0.2) is 23.8 Å². The maximum absolute atomic E-state index is 12.9. The Morgan fingerprint density at radius 2 is 1.28 bits per heavy atom. The average molecular weight is 479 g/mol. The molecular formula is C19H20Cl2N8O3. The van der Waals surface area contributed by atoms with E-state index in [1.165, 1.54) is 21.4 Å². The Labute approximate surface area is 192 Å². The summed E-state index contributed by atoms with van der Waals surface area (Å²) in [4.78, 5) is 21.5. The zero-order valence-corrected chi connectivity index (χ0v) is 19.1. The minimum atomic E-state index is -0.530. The van der Waals surface area contributed by atoms with Gasteiger partial charge in [0.15, 0.2) is 21.6 Å². The summed E-state index contributed by atoms with van der Waals surface area (Å²) in [6.07, 6.45) is 2.23. The molecule has 2 atom stereocenters. The molecule has 168 valence electrons. The molecule has 13 heteroatoms. The van der Waals surface area contributed by atoms with Gasteiger partial charge in [-0.15, -0.1) is 0 Å². The number of nitrogens with zero attached hydrogens (tertiary/aromatic N) is 6. The SMILES string of the molecule is CO[C@@H](C)c1c(NC(=O)Nc2cnc3cc(Cl)nn3c2[C@H](C)OC)cnc2cc(Cl)nn12. The van der Waals surface area contributed by atoms with E-state index in [-0.39, 0.29) is 10.3 Å². The van der Waals surface area contributed by atoms with Crippen LogP contribution in [0, 0.1) is 0 Å². The molecule has 32 heavy (non-hydrogen) atoms. The fraction of sp³-hybridized carbons (Fsp3) is 0.316. The van der Waals surface area contributed by atoms with Gasteiger partial charge in [0.25, 0.3) is 0 Å². The van der Waals surface area contributed by atoms with Crippen LogP contribution in [0.1, 0.15) is 37.4 Å². The third-order valence-corrected chi connectivity index (χ3v) is 5.32. The van der Waals surface area contributed by atoms with Crippen LogP contribution in [0.15, 0.2) is 24.5 Å². The summed E-state index contributed by atoms with van der Waals surface area (Å²) >= 11 is 12.1. The normalized spacial score (nSPS) is 13.4. The van der Waals surface area contributed by atoms with Gasteiger partial charge in [0.05, 0.1) is 47.4 Å². The molecule has 4 heterocycles. The van der Waals surface area contributed by atoms with Crippen molar-refractivity contribution in [3.05, 3.63) is 46.2 Å². The van der Waals surface area contributed by atoms with Gasteiger partial charge in [-0.05, 0) is 13.8 Å². The van der Waals surface area contributed by atoms with Crippen LogP contribution in [0.4, 0.5) is 16.2 Å². The minimum absolute atomic E-state index is 0.277. The summed E-state index contributed by atoms with van der Waals surface area (Å²) < 4.78 is 14.0. The minimum Gasteiger partial charge on any atom is -0.375 e. The number of urea groups is 1. The summed E-state index contributed by atoms with van der Waals surface area (Å²) in [6, 6.07) is 2.70. The first-order valence-electron chi connectivity index (χ1n) is 9.54. The molecule has 0 aliphatic heterocycles. The second-order valence-electron chi connectivity index (χ2n) is 6.92. The van der Waals surface area contributed by atoms with E-state index in [1.54, 1.807) is 26.4 Å². The average Bonchev–Trinajstić information content (AvgIpc) is 3.33. The van der Waals surface area contributed by atoms with E-state index in [4.69, 9.17) is 32.7 Å². The Balaban J connectivity index is 1.69. The van der Waals surface area contributed by atoms with Crippen LogP contribution in [-0.2, 0) is 9.47 Å². The second kappa shape index (κ2) is 8.87. The first-order chi connectivity index (χ1) is 15.3. The van der Waals surface area contributed by atoms with Crippen LogP contribution < -0.4 is 10.6 Å². The van der Waals surface area contributed by atoms with Crippen molar-refractivity contribution in [2.45, 2.75) is 26.1 Å². The fourth-order valence-electron chi connectivity index (χ4n) is 3.32. The molecule has 0 saturated carbocycles. The summed E-state index contributed by atoms with van der Waals surface area (Å²) in [5.74, 6) is 0. The predicted molar refractivity (Wildman–Crippen MR) is 119 cm³/mol. The zero-order chi connectivity index (χ0) is 23.0. The Morgan fingerprint density at radius 1 is 0.875 bits per heavy atom. The molecule has 2 N–H and O–H groups in total. The standard InChI is InChI=1S/C19H20Cl2N8O3/c1-9(31-3)17-11(7-22-15-5-13(20)26-28(15)17)24-19(30)25-12-8-23-16-6-14(21)27-29(16)18(12)10(2)32-4/h5-10H,1-4H3,(H2,24,25,30)/t9-,10-/m0/s1. The highest BCUT2D eigenvalue weighted by molar-refractivity contribution is 6.30.